The maximum atomic E-state index is 6.07. The maximum absolute atomic E-state index is 6.07. The van der Waals surface area contributed by atoms with E-state index in [4.69, 9.17) is 17.3 Å². The Morgan fingerprint density at radius 2 is 1.90 bits per heavy atom. The summed E-state index contributed by atoms with van der Waals surface area (Å²) < 4.78 is 0.845. The molecule has 0 amide bonds. The van der Waals surface area contributed by atoms with E-state index in [0.717, 1.165) is 23.7 Å². The molecule has 2 rings (SSSR count). The molecule has 114 valence electrons. The number of likely N-dealkylation sites (N-methyl/N-ethyl adjacent to an activating group) is 1. The molecule has 0 saturated heterocycles. The molecule has 0 aliphatic carbocycles. The Labute approximate surface area is 136 Å². The molecule has 0 aliphatic rings. The van der Waals surface area contributed by atoms with Gasteiger partial charge in [-0.3, -0.25) is 4.90 Å². The van der Waals surface area contributed by atoms with Gasteiger partial charge in [0.25, 0.3) is 0 Å². The molecular weight excluding hydrogens is 300 g/mol. The second-order valence-electron chi connectivity index (χ2n) is 5.75. The van der Waals surface area contributed by atoms with Crippen LogP contribution < -0.4 is 5.73 Å². The van der Waals surface area contributed by atoms with E-state index in [0.29, 0.717) is 6.54 Å². The number of nitrogens with two attached hydrogens (primary N) is 1. The molecule has 2 nitrogen and oxygen atoms in total. The molecular formula is C17H23ClN2S. The van der Waals surface area contributed by atoms with Gasteiger partial charge >= 0.3 is 0 Å². The molecule has 0 spiro atoms. The van der Waals surface area contributed by atoms with E-state index in [1.807, 2.05) is 6.07 Å². The van der Waals surface area contributed by atoms with Crippen molar-refractivity contribution >= 4 is 22.9 Å². The molecule has 2 aromatic rings. The minimum Gasteiger partial charge on any atom is -0.329 e. The fraction of sp³-hybridized carbons (Fsp3) is 0.412. The van der Waals surface area contributed by atoms with Gasteiger partial charge in [0.1, 0.15) is 0 Å². The van der Waals surface area contributed by atoms with E-state index in [9.17, 15) is 0 Å². The summed E-state index contributed by atoms with van der Waals surface area (Å²) in [6, 6.07) is 14.6. The van der Waals surface area contributed by atoms with Crippen LogP contribution in [0.25, 0.3) is 0 Å². The monoisotopic (exact) mass is 322 g/mol. The third kappa shape index (κ3) is 4.55. The topological polar surface area (TPSA) is 29.3 Å². The zero-order valence-electron chi connectivity index (χ0n) is 12.7. The van der Waals surface area contributed by atoms with E-state index in [2.05, 4.69) is 55.3 Å². The largest absolute Gasteiger partial charge is 0.329 e. The standard InChI is InChI=1S/C17H23ClN2S/c1-17(13-19,11-10-14-6-4-3-5-7-14)20(2)12-15-8-9-16(18)21-15/h3-9H,10-13,19H2,1-2H3. The van der Waals surface area contributed by atoms with E-state index < -0.39 is 0 Å². The van der Waals surface area contributed by atoms with Gasteiger partial charge < -0.3 is 5.73 Å². The number of hydrogen-bond acceptors (Lipinski definition) is 3. The minimum absolute atomic E-state index is 0.00763. The SMILES string of the molecule is CN(Cc1ccc(Cl)s1)C(C)(CN)CCc1ccccc1. The molecule has 1 aromatic carbocycles. The molecule has 1 heterocycles. The van der Waals surface area contributed by atoms with E-state index in [1.165, 1.54) is 10.4 Å². The molecule has 0 aliphatic heterocycles. The average molecular weight is 323 g/mol. The molecule has 1 unspecified atom stereocenters. The minimum atomic E-state index is -0.00763. The lowest BCUT2D eigenvalue weighted by molar-refractivity contribution is 0.127. The number of nitrogens with zero attached hydrogens (tertiary/aromatic N) is 1. The van der Waals surface area contributed by atoms with Gasteiger partial charge in [0.2, 0.25) is 0 Å². The second-order valence-corrected chi connectivity index (χ2v) is 7.55. The first-order valence-electron chi connectivity index (χ1n) is 7.23. The van der Waals surface area contributed by atoms with Crippen LogP contribution in [0.3, 0.4) is 0 Å². The van der Waals surface area contributed by atoms with Crippen molar-refractivity contribution in [3.8, 4) is 0 Å². The summed E-state index contributed by atoms with van der Waals surface area (Å²) in [6.07, 6.45) is 2.09. The molecule has 0 bridgehead atoms. The van der Waals surface area contributed by atoms with Gasteiger partial charge in [-0.2, -0.15) is 0 Å². The Morgan fingerprint density at radius 1 is 1.19 bits per heavy atom. The predicted octanol–water partition coefficient (Wildman–Crippen LogP) is 4.18. The number of rotatable bonds is 7. The van der Waals surface area contributed by atoms with Crippen molar-refractivity contribution < 1.29 is 0 Å². The highest BCUT2D eigenvalue weighted by Gasteiger charge is 2.27. The van der Waals surface area contributed by atoms with E-state index in [1.54, 1.807) is 11.3 Å². The predicted molar refractivity (Wildman–Crippen MR) is 93.0 cm³/mol. The summed E-state index contributed by atoms with van der Waals surface area (Å²) in [5, 5.41) is 0. The summed E-state index contributed by atoms with van der Waals surface area (Å²) in [5.74, 6) is 0. The first-order chi connectivity index (χ1) is 10.0. The Bertz CT molecular complexity index is 555. The highest BCUT2D eigenvalue weighted by molar-refractivity contribution is 7.16. The lowest BCUT2D eigenvalue weighted by atomic mass is 9.91. The van der Waals surface area contributed by atoms with Crippen molar-refractivity contribution in [3.05, 3.63) is 57.2 Å². The van der Waals surface area contributed by atoms with Crippen LogP contribution in [0.5, 0.6) is 0 Å². The van der Waals surface area contributed by atoms with Gasteiger partial charge in [-0.25, -0.2) is 0 Å². The van der Waals surface area contributed by atoms with Gasteiger partial charge in [-0.05, 0) is 44.5 Å². The van der Waals surface area contributed by atoms with Crippen LogP contribution >= 0.6 is 22.9 Å². The van der Waals surface area contributed by atoms with Crippen LogP contribution in [0.2, 0.25) is 4.34 Å². The molecule has 4 heteroatoms. The van der Waals surface area contributed by atoms with Crippen LogP contribution in [0.15, 0.2) is 42.5 Å². The Balaban J connectivity index is 1.98. The number of aryl methyl sites for hydroxylation is 1. The van der Waals surface area contributed by atoms with Crippen molar-refractivity contribution in [1.29, 1.82) is 0 Å². The van der Waals surface area contributed by atoms with Gasteiger partial charge in [-0.15, -0.1) is 11.3 Å². The normalized spacial score (nSPS) is 14.3. The fourth-order valence-electron chi connectivity index (χ4n) is 2.37. The molecule has 21 heavy (non-hydrogen) atoms. The lowest BCUT2D eigenvalue weighted by Crippen LogP contribution is -2.49. The van der Waals surface area contributed by atoms with Crippen molar-refractivity contribution in [2.24, 2.45) is 5.73 Å². The molecule has 0 radical (unpaired) electrons. The Kier molecular flexibility index (Phi) is 5.82. The zero-order chi connectivity index (χ0) is 15.3. The molecule has 0 saturated carbocycles. The summed E-state index contributed by atoms with van der Waals surface area (Å²) in [4.78, 5) is 3.62. The number of benzene rings is 1. The van der Waals surface area contributed by atoms with Crippen molar-refractivity contribution in [2.45, 2.75) is 31.8 Å². The lowest BCUT2D eigenvalue weighted by Gasteiger charge is -2.38. The summed E-state index contributed by atoms with van der Waals surface area (Å²) in [7, 11) is 2.14. The molecule has 1 aromatic heterocycles. The Morgan fingerprint density at radius 3 is 2.48 bits per heavy atom. The molecule has 1 atom stereocenters. The molecule has 2 N–H and O–H groups in total. The summed E-state index contributed by atoms with van der Waals surface area (Å²) >= 11 is 7.65. The third-order valence-electron chi connectivity index (χ3n) is 4.18. The number of halogens is 1. The van der Waals surface area contributed by atoms with Crippen LogP contribution in [0.1, 0.15) is 23.8 Å². The number of hydrogen-bond donors (Lipinski definition) is 1. The maximum Gasteiger partial charge on any atom is 0.0931 e. The van der Waals surface area contributed by atoms with Crippen LogP contribution in [-0.4, -0.2) is 24.0 Å². The molecule has 0 fully saturated rings. The summed E-state index contributed by atoms with van der Waals surface area (Å²) in [6.45, 7) is 3.78. The quantitative estimate of drug-likeness (QED) is 0.828. The zero-order valence-corrected chi connectivity index (χ0v) is 14.3. The van der Waals surface area contributed by atoms with Crippen LogP contribution in [-0.2, 0) is 13.0 Å². The van der Waals surface area contributed by atoms with Gasteiger partial charge in [0.15, 0.2) is 0 Å². The van der Waals surface area contributed by atoms with Crippen LogP contribution in [0.4, 0.5) is 0 Å². The van der Waals surface area contributed by atoms with Gasteiger partial charge in [-0.1, -0.05) is 41.9 Å². The van der Waals surface area contributed by atoms with E-state index in [-0.39, 0.29) is 5.54 Å². The highest BCUT2D eigenvalue weighted by Crippen LogP contribution is 2.26. The van der Waals surface area contributed by atoms with E-state index >= 15 is 0 Å². The Hall–Kier alpha value is -0.870. The van der Waals surface area contributed by atoms with Crippen molar-refractivity contribution in [2.75, 3.05) is 13.6 Å². The summed E-state index contributed by atoms with van der Waals surface area (Å²) in [5.41, 5.74) is 7.42. The highest BCUT2D eigenvalue weighted by atomic mass is 35.5. The van der Waals surface area contributed by atoms with Crippen LogP contribution in [0, 0.1) is 0 Å². The van der Waals surface area contributed by atoms with Gasteiger partial charge in [0.05, 0.1) is 4.34 Å². The fourth-order valence-corrected chi connectivity index (χ4v) is 3.51. The van der Waals surface area contributed by atoms with Crippen molar-refractivity contribution in [3.63, 3.8) is 0 Å². The number of thiophene rings is 1. The smallest absolute Gasteiger partial charge is 0.0931 e. The van der Waals surface area contributed by atoms with Gasteiger partial charge in [0, 0.05) is 23.5 Å². The third-order valence-corrected chi connectivity index (χ3v) is 5.39. The average Bonchev–Trinajstić information content (AvgIpc) is 2.91. The van der Waals surface area contributed by atoms with Crippen molar-refractivity contribution in [1.82, 2.24) is 4.90 Å². The first kappa shape index (κ1) is 16.5. The first-order valence-corrected chi connectivity index (χ1v) is 8.42. The second kappa shape index (κ2) is 7.41.